The van der Waals surface area contributed by atoms with Crippen LogP contribution in [0.2, 0.25) is 0 Å². The van der Waals surface area contributed by atoms with Gasteiger partial charge in [-0.3, -0.25) is 9.59 Å². The van der Waals surface area contributed by atoms with Gasteiger partial charge in [0.05, 0.1) is 0 Å². The van der Waals surface area contributed by atoms with E-state index in [1.54, 1.807) is 29.4 Å². The molecule has 2 heterocycles. The highest BCUT2D eigenvalue weighted by atomic mass is 16.2. The van der Waals surface area contributed by atoms with Crippen LogP contribution in [0.4, 0.5) is 0 Å². The fourth-order valence-corrected chi connectivity index (χ4v) is 3.44. The molecular formula is C22H20N4O2. The van der Waals surface area contributed by atoms with Gasteiger partial charge in [0.2, 0.25) is 5.91 Å². The molecule has 4 rings (SSSR count). The Hall–Kier alpha value is -3.54. The Balaban J connectivity index is 1.47. The summed E-state index contributed by atoms with van der Waals surface area (Å²) in [4.78, 5) is 35.4. The van der Waals surface area contributed by atoms with Crippen molar-refractivity contribution in [3.05, 3.63) is 84.4 Å². The topological polar surface area (TPSA) is 75.2 Å². The summed E-state index contributed by atoms with van der Waals surface area (Å²) in [5, 5.41) is 2.90. The number of rotatable bonds is 5. The first-order valence-electron chi connectivity index (χ1n) is 9.20. The molecule has 1 N–H and O–H groups in total. The SMILES string of the molecule is O=C(NC1CCN(Cc2ccccc2)C1=O)c1ccccc1-c1cncnc1. The number of nitrogens with zero attached hydrogens (tertiary/aromatic N) is 3. The van der Waals surface area contributed by atoms with Gasteiger partial charge in [0.15, 0.2) is 0 Å². The van der Waals surface area contributed by atoms with E-state index in [-0.39, 0.29) is 11.8 Å². The van der Waals surface area contributed by atoms with E-state index in [4.69, 9.17) is 0 Å². The second-order valence-corrected chi connectivity index (χ2v) is 6.73. The number of likely N-dealkylation sites (tertiary alicyclic amines) is 1. The molecule has 1 fully saturated rings. The lowest BCUT2D eigenvalue weighted by molar-refractivity contribution is -0.129. The van der Waals surface area contributed by atoms with E-state index >= 15 is 0 Å². The number of hydrogen-bond acceptors (Lipinski definition) is 4. The molecule has 1 atom stereocenters. The van der Waals surface area contributed by atoms with Crippen LogP contribution in [0.3, 0.4) is 0 Å². The van der Waals surface area contributed by atoms with Crippen molar-refractivity contribution in [2.75, 3.05) is 6.54 Å². The molecule has 0 aliphatic carbocycles. The van der Waals surface area contributed by atoms with Crippen LogP contribution in [-0.2, 0) is 11.3 Å². The minimum atomic E-state index is -0.503. The predicted octanol–water partition coefficient (Wildman–Crippen LogP) is 2.67. The first kappa shape index (κ1) is 17.9. The van der Waals surface area contributed by atoms with Gasteiger partial charge in [-0.1, -0.05) is 48.5 Å². The molecule has 140 valence electrons. The molecule has 1 aliphatic heterocycles. The summed E-state index contributed by atoms with van der Waals surface area (Å²) < 4.78 is 0. The number of aromatic nitrogens is 2. The molecule has 1 aliphatic rings. The fraction of sp³-hybridized carbons (Fsp3) is 0.182. The van der Waals surface area contributed by atoms with Crippen LogP contribution in [0.1, 0.15) is 22.3 Å². The Morgan fingerprint density at radius 1 is 1.04 bits per heavy atom. The Kier molecular flexibility index (Phi) is 5.10. The Bertz CT molecular complexity index is 976. The lowest BCUT2D eigenvalue weighted by atomic mass is 10.0. The second-order valence-electron chi connectivity index (χ2n) is 6.73. The van der Waals surface area contributed by atoms with Crippen LogP contribution >= 0.6 is 0 Å². The maximum atomic E-state index is 12.9. The normalized spacial score (nSPS) is 16.2. The van der Waals surface area contributed by atoms with Crippen molar-refractivity contribution in [3.63, 3.8) is 0 Å². The van der Waals surface area contributed by atoms with Crippen LogP contribution in [0, 0.1) is 0 Å². The zero-order chi connectivity index (χ0) is 19.3. The van der Waals surface area contributed by atoms with Crippen molar-refractivity contribution < 1.29 is 9.59 Å². The third kappa shape index (κ3) is 3.76. The van der Waals surface area contributed by atoms with Gasteiger partial charge in [-0.05, 0) is 23.6 Å². The van der Waals surface area contributed by atoms with Crippen molar-refractivity contribution in [2.24, 2.45) is 0 Å². The number of hydrogen-bond donors (Lipinski definition) is 1. The Morgan fingerprint density at radius 3 is 2.54 bits per heavy atom. The maximum absolute atomic E-state index is 12.9. The largest absolute Gasteiger partial charge is 0.340 e. The number of carbonyl (C=O) groups excluding carboxylic acids is 2. The molecule has 0 saturated carbocycles. The van der Waals surface area contributed by atoms with Gasteiger partial charge >= 0.3 is 0 Å². The van der Waals surface area contributed by atoms with Gasteiger partial charge in [-0.25, -0.2) is 9.97 Å². The van der Waals surface area contributed by atoms with E-state index in [0.717, 1.165) is 16.7 Å². The van der Waals surface area contributed by atoms with Crippen LogP contribution in [0.25, 0.3) is 11.1 Å². The number of nitrogens with one attached hydrogen (secondary N) is 1. The quantitative estimate of drug-likeness (QED) is 0.747. The minimum absolute atomic E-state index is 0.0438. The average Bonchev–Trinajstić information content (AvgIpc) is 3.08. The van der Waals surface area contributed by atoms with Gasteiger partial charge in [0.25, 0.3) is 5.91 Å². The maximum Gasteiger partial charge on any atom is 0.252 e. The van der Waals surface area contributed by atoms with Gasteiger partial charge in [0.1, 0.15) is 12.4 Å². The lowest BCUT2D eigenvalue weighted by Gasteiger charge is -2.17. The summed E-state index contributed by atoms with van der Waals surface area (Å²) in [6, 6.07) is 16.6. The molecule has 2 aromatic carbocycles. The highest BCUT2D eigenvalue weighted by Gasteiger charge is 2.33. The van der Waals surface area contributed by atoms with E-state index < -0.39 is 6.04 Å². The third-order valence-electron chi connectivity index (χ3n) is 4.86. The number of carbonyl (C=O) groups is 2. The van der Waals surface area contributed by atoms with Crippen molar-refractivity contribution in [1.82, 2.24) is 20.2 Å². The average molecular weight is 372 g/mol. The van der Waals surface area contributed by atoms with Crippen LogP contribution < -0.4 is 5.32 Å². The third-order valence-corrected chi connectivity index (χ3v) is 4.86. The summed E-state index contributed by atoms with van der Waals surface area (Å²) in [5.41, 5.74) is 3.09. The van der Waals surface area contributed by atoms with Gasteiger partial charge in [-0.2, -0.15) is 0 Å². The standard InChI is InChI=1S/C22H20N4O2/c27-21(19-9-5-4-8-18(19)17-12-23-15-24-13-17)25-20-10-11-26(22(20)28)14-16-6-2-1-3-7-16/h1-9,12-13,15,20H,10-11,14H2,(H,25,27). The molecule has 1 saturated heterocycles. The minimum Gasteiger partial charge on any atom is -0.340 e. The van der Waals surface area contributed by atoms with Gasteiger partial charge in [0, 0.05) is 36.6 Å². The highest BCUT2D eigenvalue weighted by Crippen LogP contribution is 2.23. The second kappa shape index (κ2) is 8.00. The summed E-state index contributed by atoms with van der Waals surface area (Å²) in [6.45, 7) is 1.19. The first-order valence-corrected chi connectivity index (χ1v) is 9.20. The molecule has 1 unspecified atom stereocenters. The predicted molar refractivity (Wildman–Crippen MR) is 105 cm³/mol. The molecule has 0 bridgehead atoms. The zero-order valence-electron chi connectivity index (χ0n) is 15.3. The summed E-state index contributed by atoms with van der Waals surface area (Å²) >= 11 is 0. The molecule has 1 aromatic heterocycles. The molecule has 6 heteroatoms. The van der Waals surface area contributed by atoms with Crippen LogP contribution in [-0.4, -0.2) is 39.3 Å². The smallest absolute Gasteiger partial charge is 0.252 e. The first-order chi connectivity index (χ1) is 13.7. The molecule has 6 nitrogen and oxygen atoms in total. The van der Waals surface area contributed by atoms with Crippen LogP contribution in [0.5, 0.6) is 0 Å². The number of amides is 2. The van der Waals surface area contributed by atoms with Crippen molar-refractivity contribution in [1.29, 1.82) is 0 Å². The van der Waals surface area contributed by atoms with Crippen molar-refractivity contribution >= 4 is 11.8 Å². The Morgan fingerprint density at radius 2 is 1.75 bits per heavy atom. The van der Waals surface area contributed by atoms with Gasteiger partial charge in [-0.15, -0.1) is 0 Å². The number of benzene rings is 2. The van der Waals surface area contributed by atoms with E-state index in [2.05, 4.69) is 15.3 Å². The monoisotopic (exact) mass is 372 g/mol. The molecule has 3 aromatic rings. The molecular weight excluding hydrogens is 352 g/mol. The van der Waals surface area contributed by atoms with Crippen molar-refractivity contribution in [2.45, 2.75) is 19.0 Å². The Labute approximate surface area is 163 Å². The van der Waals surface area contributed by atoms with E-state index in [1.807, 2.05) is 42.5 Å². The molecule has 0 radical (unpaired) electrons. The molecule has 0 spiro atoms. The van der Waals surface area contributed by atoms with E-state index in [0.29, 0.717) is 25.1 Å². The van der Waals surface area contributed by atoms with Crippen molar-refractivity contribution in [3.8, 4) is 11.1 Å². The van der Waals surface area contributed by atoms with Crippen LogP contribution in [0.15, 0.2) is 73.3 Å². The summed E-state index contributed by atoms with van der Waals surface area (Å²) in [5.74, 6) is -0.308. The molecule has 28 heavy (non-hydrogen) atoms. The summed E-state index contributed by atoms with van der Waals surface area (Å²) in [7, 11) is 0. The van der Waals surface area contributed by atoms with Gasteiger partial charge < -0.3 is 10.2 Å². The fourth-order valence-electron chi connectivity index (χ4n) is 3.44. The highest BCUT2D eigenvalue weighted by molar-refractivity contribution is 6.03. The summed E-state index contributed by atoms with van der Waals surface area (Å²) in [6.07, 6.45) is 5.39. The van der Waals surface area contributed by atoms with E-state index in [9.17, 15) is 9.59 Å². The van der Waals surface area contributed by atoms with E-state index in [1.165, 1.54) is 6.33 Å². The molecule has 2 amide bonds. The zero-order valence-corrected chi connectivity index (χ0v) is 15.3. The lowest BCUT2D eigenvalue weighted by Crippen LogP contribution is -2.41.